The third-order valence-electron chi connectivity index (χ3n) is 3.20. The molecule has 18 heavy (non-hydrogen) atoms. The Hall–Kier alpha value is -1.00. The first-order chi connectivity index (χ1) is 8.56. The van der Waals surface area contributed by atoms with Crippen LogP contribution in [-0.2, 0) is 6.54 Å². The number of hydrogen-bond acceptors (Lipinski definition) is 3. The molecule has 1 rings (SSSR count). The first-order valence-corrected chi connectivity index (χ1v) is 6.94. The number of hydrogen-bond donors (Lipinski definition) is 1. The van der Waals surface area contributed by atoms with Crippen molar-refractivity contribution in [3.63, 3.8) is 0 Å². The normalized spacial score (nSPS) is 12.7. The van der Waals surface area contributed by atoms with E-state index >= 15 is 0 Å². The van der Waals surface area contributed by atoms with Crippen LogP contribution in [0.4, 0.5) is 0 Å². The van der Waals surface area contributed by atoms with E-state index in [2.05, 4.69) is 30.7 Å². The van der Waals surface area contributed by atoms with Gasteiger partial charge in [-0.3, -0.25) is 9.88 Å². The molecule has 100 valence electrons. The van der Waals surface area contributed by atoms with Crippen LogP contribution in [0.2, 0.25) is 0 Å². The Balaban J connectivity index is 2.69. The van der Waals surface area contributed by atoms with Crippen molar-refractivity contribution < 1.29 is 0 Å². The zero-order valence-electron chi connectivity index (χ0n) is 11.5. The van der Waals surface area contributed by atoms with Crippen LogP contribution in [0.1, 0.15) is 38.4 Å². The maximum atomic E-state index is 5.60. The fourth-order valence-electron chi connectivity index (χ4n) is 1.84. The second-order valence-corrected chi connectivity index (χ2v) is 5.19. The summed E-state index contributed by atoms with van der Waals surface area (Å²) in [6.07, 6.45) is 2.99. The number of nitrogens with zero attached hydrogens (tertiary/aromatic N) is 2. The van der Waals surface area contributed by atoms with Crippen molar-refractivity contribution in [2.24, 2.45) is 11.7 Å². The van der Waals surface area contributed by atoms with Gasteiger partial charge in [-0.1, -0.05) is 39.4 Å². The standard InChI is InChI=1S/C14H23N3S/c1-4-11(3)9-17(5-2)10-12-6-7-16-13(8-12)14(15)18/h6-8,11H,4-5,9-10H2,1-3H3,(H2,15,18). The number of thiocarbonyl (C=S) groups is 1. The predicted molar refractivity (Wildman–Crippen MR) is 80.5 cm³/mol. The predicted octanol–water partition coefficient (Wildman–Crippen LogP) is 2.58. The molecule has 0 radical (unpaired) electrons. The van der Waals surface area contributed by atoms with Crippen LogP contribution in [0.15, 0.2) is 18.3 Å². The summed E-state index contributed by atoms with van der Waals surface area (Å²) in [5, 5.41) is 0. The lowest BCUT2D eigenvalue weighted by atomic mass is 10.1. The van der Waals surface area contributed by atoms with E-state index in [1.54, 1.807) is 6.20 Å². The first kappa shape index (κ1) is 15.1. The minimum Gasteiger partial charge on any atom is -0.388 e. The van der Waals surface area contributed by atoms with E-state index in [9.17, 15) is 0 Å². The van der Waals surface area contributed by atoms with E-state index in [1.165, 1.54) is 12.0 Å². The van der Waals surface area contributed by atoms with Gasteiger partial charge in [0.2, 0.25) is 0 Å². The second kappa shape index (κ2) is 7.44. The molecule has 0 amide bonds. The number of aromatic nitrogens is 1. The molecule has 3 nitrogen and oxygen atoms in total. The van der Waals surface area contributed by atoms with Crippen molar-refractivity contribution >= 4 is 17.2 Å². The van der Waals surface area contributed by atoms with E-state index in [1.807, 2.05) is 12.1 Å². The molecule has 1 aromatic heterocycles. The molecule has 0 aromatic carbocycles. The molecule has 0 aliphatic rings. The molecule has 1 unspecified atom stereocenters. The van der Waals surface area contributed by atoms with Crippen LogP contribution < -0.4 is 5.73 Å². The monoisotopic (exact) mass is 265 g/mol. The van der Waals surface area contributed by atoms with E-state index < -0.39 is 0 Å². The summed E-state index contributed by atoms with van der Waals surface area (Å²) in [4.78, 5) is 6.96. The summed E-state index contributed by atoms with van der Waals surface area (Å²) in [6, 6.07) is 4.02. The smallest absolute Gasteiger partial charge is 0.122 e. The highest BCUT2D eigenvalue weighted by Crippen LogP contribution is 2.10. The van der Waals surface area contributed by atoms with Crippen molar-refractivity contribution in [2.45, 2.75) is 33.7 Å². The van der Waals surface area contributed by atoms with E-state index in [0.717, 1.165) is 25.6 Å². The Morgan fingerprint density at radius 2 is 2.22 bits per heavy atom. The van der Waals surface area contributed by atoms with Gasteiger partial charge in [0.15, 0.2) is 0 Å². The van der Waals surface area contributed by atoms with Gasteiger partial charge in [-0.05, 0) is 30.2 Å². The van der Waals surface area contributed by atoms with Gasteiger partial charge in [0.05, 0.1) is 5.69 Å². The topological polar surface area (TPSA) is 42.2 Å². The average Bonchev–Trinajstić information content (AvgIpc) is 2.38. The third-order valence-corrected chi connectivity index (χ3v) is 3.41. The Labute approximate surface area is 115 Å². The highest BCUT2D eigenvalue weighted by molar-refractivity contribution is 7.80. The van der Waals surface area contributed by atoms with Gasteiger partial charge in [0.1, 0.15) is 4.99 Å². The molecule has 1 atom stereocenters. The van der Waals surface area contributed by atoms with Gasteiger partial charge in [-0.2, -0.15) is 0 Å². The lowest BCUT2D eigenvalue weighted by Crippen LogP contribution is -2.28. The fourth-order valence-corrected chi connectivity index (χ4v) is 1.95. The van der Waals surface area contributed by atoms with Crippen LogP contribution in [0.25, 0.3) is 0 Å². The van der Waals surface area contributed by atoms with E-state index in [4.69, 9.17) is 18.0 Å². The lowest BCUT2D eigenvalue weighted by molar-refractivity contribution is 0.238. The molecule has 0 saturated heterocycles. The van der Waals surface area contributed by atoms with Gasteiger partial charge >= 0.3 is 0 Å². The first-order valence-electron chi connectivity index (χ1n) is 6.53. The Morgan fingerprint density at radius 1 is 1.50 bits per heavy atom. The molecule has 0 aliphatic heterocycles. The fraction of sp³-hybridized carbons (Fsp3) is 0.571. The van der Waals surface area contributed by atoms with Crippen molar-refractivity contribution in [3.8, 4) is 0 Å². The molecule has 0 saturated carbocycles. The van der Waals surface area contributed by atoms with Crippen LogP contribution in [0, 0.1) is 5.92 Å². The van der Waals surface area contributed by atoms with Crippen molar-refractivity contribution in [2.75, 3.05) is 13.1 Å². The average molecular weight is 265 g/mol. The molecule has 1 heterocycles. The van der Waals surface area contributed by atoms with Crippen LogP contribution in [-0.4, -0.2) is 28.0 Å². The lowest BCUT2D eigenvalue weighted by Gasteiger charge is -2.23. The molecule has 4 heteroatoms. The molecular weight excluding hydrogens is 242 g/mol. The minimum atomic E-state index is 0.363. The van der Waals surface area contributed by atoms with Gasteiger partial charge in [-0.25, -0.2) is 0 Å². The summed E-state index contributed by atoms with van der Waals surface area (Å²) < 4.78 is 0. The summed E-state index contributed by atoms with van der Waals surface area (Å²) >= 11 is 4.95. The van der Waals surface area contributed by atoms with Gasteiger partial charge in [0, 0.05) is 19.3 Å². The quantitative estimate of drug-likeness (QED) is 0.770. The van der Waals surface area contributed by atoms with Crippen LogP contribution in [0.3, 0.4) is 0 Å². The zero-order valence-corrected chi connectivity index (χ0v) is 12.3. The number of nitrogens with two attached hydrogens (primary N) is 1. The summed E-state index contributed by atoms with van der Waals surface area (Å²) in [7, 11) is 0. The van der Waals surface area contributed by atoms with Crippen LogP contribution in [0.5, 0.6) is 0 Å². The molecule has 0 spiro atoms. The third kappa shape index (κ3) is 4.70. The van der Waals surface area contributed by atoms with Crippen molar-refractivity contribution in [1.29, 1.82) is 0 Å². The summed E-state index contributed by atoms with van der Waals surface area (Å²) in [5.41, 5.74) is 7.53. The van der Waals surface area contributed by atoms with Crippen LogP contribution >= 0.6 is 12.2 Å². The second-order valence-electron chi connectivity index (χ2n) is 4.75. The molecule has 0 bridgehead atoms. The van der Waals surface area contributed by atoms with Gasteiger partial charge < -0.3 is 5.73 Å². The molecular formula is C14H23N3S. The van der Waals surface area contributed by atoms with E-state index in [0.29, 0.717) is 10.7 Å². The largest absolute Gasteiger partial charge is 0.388 e. The number of rotatable bonds is 7. The van der Waals surface area contributed by atoms with Crippen molar-refractivity contribution in [1.82, 2.24) is 9.88 Å². The maximum absolute atomic E-state index is 5.60. The Morgan fingerprint density at radius 3 is 2.78 bits per heavy atom. The van der Waals surface area contributed by atoms with Gasteiger partial charge in [0.25, 0.3) is 0 Å². The van der Waals surface area contributed by atoms with E-state index in [-0.39, 0.29) is 0 Å². The highest BCUT2D eigenvalue weighted by atomic mass is 32.1. The molecule has 2 N–H and O–H groups in total. The van der Waals surface area contributed by atoms with Gasteiger partial charge in [-0.15, -0.1) is 0 Å². The maximum Gasteiger partial charge on any atom is 0.122 e. The van der Waals surface area contributed by atoms with Crippen molar-refractivity contribution in [3.05, 3.63) is 29.6 Å². The summed E-state index contributed by atoms with van der Waals surface area (Å²) in [6.45, 7) is 9.81. The summed E-state index contributed by atoms with van der Waals surface area (Å²) in [5.74, 6) is 0.724. The zero-order chi connectivity index (χ0) is 13.5. The number of pyridine rings is 1. The highest BCUT2D eigenvalue weighted by Gasteiger charge is 2.09. The molecule has 0 aliphatic carbocycles. The minimum absolute atomic E-state index is 0.363. The Bertz CT molecular complexity index is 392. The Kier molecular flexibility index (Phi) is 6.22. The molecule has 0 fully saturated rings. The molecule has 1 aromatic rings. The SMILES string of the molecule is CCC(C)CN(CC)Cc1ccnc(C(N)=S)c1.